The lowest BCUT2D eigenvalue weighted by molar-refractivity contribution is 0.0215. The summed E-state index contributed by atoms with van der Waals surface area (Å²) in [6.07, 6.45) is 6.33. The minimum Gasteiger partial charge on any atom is -0.376 e. The lowest BCUT2D eigenvalue weighted by Gasteiger charge is -2.28. The average Bonchev–Trinajstić information content (AvgIpc) is 2.95. The van der Waals surface area contributed by atoms with E-state index < -0.39 is 0 Å². The topological polar surface area (TPSA) is 55.6 Å². The number of nitrogens with zero attached hydrogens (tertiary/aromatic N) is 5. The molecule has 20 heavy (non-hydrogen) atoms. The number of rotatable bonds is 4. The van der Waals surface area contributed by atoms with Gasteiger partial charge in [-0.05, 0) is 25.7 Å². The monoisotopic (exact) mass is 275 g/mol. The van der Waals surface area contributed by atoms with Crippen LogP contribution < -0.4 is 4.90 Å². The van der Waals surface area contributed by atoms with E-state index in [2.05, 4.69) is 40.0 Å². The van der Waals surface area contributed by atoms with Gasteiger partial charge in [0.15, 0.2) is 0 Å². The summed E-state index contributed by atoms with van der Waals surface area (Å²) in [7, 11) is 2.08. The van der Waals surface area contributed by atoms with Crippen LogP contribution in [0.3, 0.4) is 0 Å². The zero-order chi connectivity index (χ0) is 13.9. The molecular formula is C14H21N5O. The van der Waals surface area contributed by atoms with Crippen molar-refractivity contribution in [2.24, 2.45) is 0 Å². The molecule has 2 aromatic heterocycles. The third-order valence-corrected chi connectivity index (χ3v) is 3.79. The molecule has 1 atom stereocenters. The standard InChI is InChI=1S/C14H21N5O/c1-3-11-8-13(19-14(17-11)15-10-16-19)18(2)9-12-6-4-5-7-20-12/h8,10,12H,3-7,9H2,1-2H3. The van der Waals surface area contributed by atoms with Crippen LogP contribution in [0.1, 0.15) is 31.9 Å². The highest BCUT2D eigenvalue weighted by Gasteiger charge is 2.18. The predicted octanol–water partition coefficient (Wildman–Crippen LogP) is 1.69. The van der Waals surface area contributed by atoms with Crippen LogP contribution in [0.25, 0.3) is 5.78 Å². The van der Waals surface area contributed by atoms with E-state index >= 15 is 0 Å². The lowest BCUT2D eigenvalue weighted by atomic mass is 10.1. The summed E-state index contributed by atoms with van der Waals surface area (Å²) < 4.78 is 7.61. The average molecular weight is 275 g/mol. The van der Waals surface area contributed by atoms with E-state index in [1.54, 1.807) is 10.8 Å². The van der Waals surface area contributed by atoms with Gasteiger partial charge in [0.2, 0.25) is 0 Å². The Morgan fingerprint density at radius 3 is 3.10 bits per heavy atom. The molecule has 3 heterocycles. The summed E-state index contributed by atoms with van der Waals surface area (Å²) in [5.41, 5.74) is 1.04. The highest BCUT2D eigenvalue weighted by atomic mass is 16.5. The van der Waals surface area contributed by atoms with Crippen LogP contribution in [0, 0.1) is 0 Å². The van der Waals surface area contributed by atoms with E-state index in [-0.39, 0.29) is 0 Å². The van der Waals surface area contributed by atoms with Crippen LogP contribution in [0.2, 0.25) is 0 Å². The Bertz CT molecular complexity index is 576. The van der Waals surface area contributed by atoms with Gasteiger partial charge in [-0.1, -0.05) is 6.92 Å². The summed E-state index contributed by atoms with van der Waals surface area (Å²) in [6, 6.07) is 2.09. The number of likely N-dealkylation sites (N-methyl/N-ethyl adjacent to an activating group) is 1. The molecule has 1 aliphatic heterocycles. The number of hydrogen-bond acceptors (Lipinski definition) is 5. The summed E-state index contributed by atoms with van der Waals surface area (Å²) in [5.74, 6) is 1.69. The number of aromatic nitrogens is 4. The molecule has 0 amide bonds. The Morgan fingerprint density at radius 2 is 2.35 bits per heavy atom. The van der Waals surface area contributed by atoms with Gasteiger partial charge < -0.3 is 9.64 Å². The van der Waals surface area contributed by atoms with Crippen molar-refractivity contribution in [3.63, 3.8) is 0 Å². The Hall–Kier alpha value is -1.69. The first-order valence-corrected chi connectivity index (χ1v) is 7.30. The number of ether oxygens (including phenoxy) is 1. The molecule has 6 heteroatoms. The van der Waals surface area contributed by atoms with Gasteiger partial charge in [-0.2, -0.15) is 14.6 Å². The highest BCUT2D eigenvalue weighted by molar-refractivity contribution is 5.46. The Morgan fingerprint density at radius 1 is 1.45 bits per heavy atom. The molecule has 0 N–H and O–H groups in total. The lowest BCUT2D eigenvalue weighted by Crippen LogP contribution is -2.34. The zero-order valence-electron chi connectivity index (χ0n) is 12.1. The van der Waals surface area contributed by atoms with Crippen molar-refractivity contribution in [2.75, 3.05) is 25.1 Å². The minimum absolute atomic E-state index is 0.311. The van der Waals surface area contributed by atoms with E-state index in [4.69, 9.17) is 4.74 Å². The molecule has 1 fully saturated rings. The maximum absolute atomic E-state index is 5.82. The number of aryl methyl sites for hydroxylation is 1. The fourth-order valence-electron chi connectivity index (χ4n) is 2.65. The zero-order valence-corrected chi connectivity index (χ0v) is 12.1. The maximum Gasteiger partial charge on any atom is 0.254 e. The quantitative estimate of drug-likeness (QED) is 0.850. The van der Waals surface area contributed by atoms with Crippen molar-refractivity contribution in [1.82, 2.24) is 19.6 Å². The van der Waals surface area contributed by atoms with E-state index in [0.29, 0.717) is 11.9 Å². The Balaban J connectivity index is 1.85. The maximum atomic E-state index is 5.82. The second-order valence-electron chi connectivity index (χ2n) is 5.30. The van der Waals surface area contributed by atoms with Crippen LogP contribution in [-0.4, -0.2) is 45.9 Å². The van der Waals surface area contributed by atoms with Gasteiger partial charge in [0.1, 0.15) is 12.1 Å². The molecule has 1 aliphatic rings. The fraction of sp³-hybridized carbons (Fsp3) is 0.643. The number of hydrogen-bond donors (Lipinski definition) is 0. The van der Waals surface area contributed by atoms with Crippen molar-refractivity contribution in [3.05, 3.63) is 18.1 Å². The van der Waals surface area contributed by atoms with Crippen LogP contribution >= 0.6 is 0 Å². The molecule has 1 saturated heterocycles. The SMILES string of the molecule is CCc1cc(N(C)CC2CCCCO2)n2ncnc2n1. The van der Waals surface area contributed by atoms with Crippen molar-refractivity contribution in [1.29, 1.82) is 0 Å². The number of anilines is 1. The molecule has 0 aliphatic carbocycles. The molecule has 2 aromatic rings. The van der Waals surface area contributed by atoms with E-state index in [1.165, 1.54) is 12.8 Å². The van der Waals surface area contributed by atoms with Crippen molar-refractivity contribution in [2.45, 2.75) is 38.7 Å². The molecule has 0 bridgehead atoms. The third-order valence-electron chi connectivity index (χ3n) is 3.79. The Kier molecular flexibility index (Phi) is 3.82. The summed E-state index contributed by atoms with van der Waals surface area (Å²) in [6.45, 7) is 3.86. The second kappa shape index (κ2) is 5.75. The molecular weight excluding hydrogens is 254 g/mol. The predicted molar refractivity (Wildman–Crippen MR) is 77.0 cm³/mol. The molecule has 0 aromatic carbocycles. The fourth-order valence-corrected chi connectivity index (χ4v) is 2.65. The molecule has 0 radical (unpaired) electrons. The van der Waals surface area contributed by atoms with Crippen LogP contribution in [0.15, 0.2) is 12.4 Å². The van der Waals surface area contributed by atoms with Crippen molar-refractivity contribution in [3.8, 4) is 0 Å². The third kappa shape index (κ3) is 2.60. The van der Waals surface area contributed by atoms with Gasteiger partial charge in [0, 0.05) is 32.0 Å². The van der Waals surface area contributed by atoms with Crippen LogP contribution in [0.5, 0.6) is 0 Å². The summed E-state index contributed by atoms with van der Waals surface area (Å²) in [5, 5.41) is 4.27. The molecule has 0 saturated carbocycles. The van der Waals surface area contributed by atoms with Gasteiger partial charge in [-0.25, -0.2) is 4.98 Å². The number of fused-ring (bicyclic) bond motifs is 1. The van der Waals surface area contributed by atoms with Gasteiger partial charge in [-0.3, -0.25) is 0 Å². The van der Waals surface area contributed by atoms with Gasteiger partial charge in [0.25, 0.3) is 5.78 Å². The summed E-state index contributed by atoms with van der Waals surface area (Å²) in [4.78, 5) is 10.9. The van der Waals surface area contributed by atoms with Crippen molar-refractivity contribution >= 4 is 11.6 Å². The van der Waals surface area contributed by atoms with E-state index in [1.807, 2.05) is 0 Å². The Labute approximate surface area is 118 Å². The van der Waals surface area contributed by atoms with Gasteiger partial charge in [0.05, 0.1) is 6.10 Å². The first kappa shape index (κ1) is 13.3. The molecule has 108 valence electrons. The largest absolute Gasteiger partial charge is 0.376 e. The minimum atomic E-state index is 0.311. The summed E-state index contributed by atoms with van der Waals surface area (Å²) >= 11 is 0. The first-order valence-electron chi connectivity index (χ1n) is 7.30. The molecule has 1 unspecified atom stereocenters. The van der Waals surface area contributed by atoms with Gasteiger partial charge in [-0.15, -0.1) is 0 Å². The van der Waals surface area contributed by atoms with Crippen molar-refractivity contribution < 1.29 is 4.74 Å². The van der Waals surface area contributed by atoms with E-state index in [9.17, 15) is 0 Å². The molecule has 3 rings (SSSR count). The normalized spacial score (nSPS) is 19.4. The van der Waals surface area contributed by atoms with E-state index in [0.717, 1.165) is 37.5 Å². The second-order valence-corrected chi connectivity index (χ2v) is 5.30. The highest BCUT2D eigenvalue weighted by Crippen LogP contribution is 2.19. The van der Waals surface area contributed by atoms with Gasteiger partial charge >= 0.3 is 0 Å². The molecule has 0 spiro atoms. The first-order chi connectivity index (χ1) is 9.78. The van der Waals surface area contributed by atoms with Crippen LogP contribution in [-0.2, 0) is 11.2 Å². The van der Waals surface area contributed by atoms with Crippen LogP contribution in [0.4, 0.5) is 5.82 Å². The molecule has 6 nitrogen and oxygen atoms in total. The smallest absolute Gasteiger partial charge is 0.254 e.